The molecule has 0 aromatic heterocycles. The van der Waals surface area contributed by atoms with Crippen LogP contribution in [-0.4, -0.2) is 38.1 Å². The van der Waals surface area contributed by atoms with E-state index < -0.39 is 0 Å². The summed E-state index contributed by atoms with van der Waals surface area (Å²) in [5.74, 6) is 0.505. The zero-order valence-electron chi connectivity index (χ0n) is 14.2. The molecule has 1 aromatic rings. The van der Waals surface area contributed by atoms with Gasteiger partial charge in [-0.25, -0.2) is 0 Å². The van der Waals surface area contributed by atoms with E-state index in [1.165, 1.54) is 0 Å². The van der Waals surface area contributed by atoms with Crippen molar-refractivity contribution < 1.29 is 14.3 Å². The number of rotatable bonds is 7. The number of carbonyl (C=O) groups excluding carboxylic acids is 2. The number of hydrogen-bond acceptors (Lipinski definition) is 3. The van der Waals surface area contributed by atoms with E-state index in [-0.39, 0.29) is 11.8 Å². The van der Waals surface area contributed by atoms with Crippen LogP contribution in [0.4, 0.5) is 5.69 Å². The predicted octanol–water partition coefficient (Wildman–Crippen LogP) is 2.39. The number of nitrogens with one attached hydrogen (secondary N) is 1. The molecule has 0 unspecified atom stereocenters. The number of carbonyl (C=O) groups is 2. The van der Waals surface area contributed by atoms with Gasteiger partial charge in [0.1, 0.15) is 0 Å². The minimum Gasteiger partial charge on any atom is -0.381 e. The topological polar surface area (TPSA) is 58.6 Å². The number of ether oxygens (including phenoxy) is 1. The molecule has 0 atom stereocenters. The molecule has 2 amide bonds. The molecule has 1 aliphatic rings. The van der Waals surface area contributed by atoms with Crippen LogP contribution in [0.25, 0.3) is 0 Å². The lowest BCUT2D eigenvalue weighted by Crippen LogP contribution is -2.26. The fourth-order valence-corrected chi connectivity index (χ4v) is 2.67. The summed E-state index contributed by atoms with van der Waals surface area (Å²) in [4.78, 5) is 25.5. The Balaban J connectivity index is 1.81. The van der Waals surface area contributed by atoms with Gasteiger partial charge < -0.3 is 15.0 Å². The molecule has 0 radical (unpaired) electrons. The van der Waals surface area contributed by atoms with Gasteiger partial charge in [-0.2, -0.15) is 0 Å². The molecule has 0 saturated carbocycles. The van der Waals surface area contributed by atoms with Crippen LogP contribution in [0, 0.1) is 5.92 Å². The molecule has 1 heterocycles. The second-order valence-electron chi connectivity index (χ2n) is 6.34. The smallest absolute Gasteiger partial charge is 0.251 e. The molecule has 23 heavy (non-hydrogen) atoms. The van der Waals surface area contributed by atoms with E-state index in [4.69, 9.17) is 4.74 Å². The van der Waals surface area contributed by atoms with Gasteiger partial charge in [-0.05, 0) is 42.5 Å². The van der Waals surface area contributed by atoms with Gasteiger partial charge in [0.2, 0.25) is 5.91 Å². The average Bonchev–Trinajstić information content (AvgIpc) is 2.93. The lowest BCUT2D eigenvalue weighted by atomic mass is 10.1. The van der Waals surface area contributed by atoms with Crippen LogP contribution in [0.3, 0.4) is 0 Å². The third kappa shape index (κ3) is 4.79. The molecule has 0 saturated heterocycles. The molecule has 1 aromatic carbocycles. The van der Waals surface area contributed by atoms with Crippen molar-refractivity contribution in [3.05, 3.63) is 29.3 Å². The third-order valence-corrected chi connectivity index (χ3v) is 3.82. The number of nitrogens with zero attached hydrogens (tertiary/aromatic N) is 1. The van der Waals surface area contributed by atoms with Crippen LogP contribution >= 0.6 is 0 Å². The quantitative estimate of drug-likeness (QED) is 0.785. The fourth-order valence-electron chi connectivity index (χ4n) is 2.67. The second-order valence-corrected chi connectivity index (χ2v) is 6.34. The summed E-state index contributed by atoms with van der Waals surface area (Å²) in [6, 6.07) is 5.54. The van der Waals surface area contributed by atoms with Crippen molar-refractivity contribution in [3.63, 3.8) is 0 Å². The summed E-state index contributed by atoms with van der Waals surface area (Å²) in [5.41, 5.74) is 2.64. The van der Waals surface area contributed by atoms with Crippen LogP contribution in [-0.2, 0) is 16.0 Å². The maximum absolute atomic E-state index is 12.2. The van der Waals surface area contributed by atoms with Gasteiger partial charge >= 0.3 is 0 Å². The first kappa shape index (κ1) is 17.5. The first-order valence-electron chi connectivity index (χ1n) is 8.26. The maximum Gasteiger partial charge on any atom is 0.251 e. The highest BCUT2D eigenvalue weighted by atomic mass is 16.5. The molecule has 2 rings (SSSR count). The number of hydrogen-bond donors (Lipinski definition) is 1. The number of amides is 2. The van der Waals surface area contributed by atoms with Gasteiger partial charge in [-0.3, -0.25) is 9.59 Å². The Morgan fingerprint density at radius 1 is 1.35 bits per heavy atom. The Kier molecular flexibility index (Phi) is 6.16. The number of fused-ring (bicyclic) bond motifs is 1. The van der Waals surface area contributed by atoms with Crippen LogP contribution in [0.2, 0.25) is 0 Å². The van der Waals surface area contributed by atoms with E-state index >= 15 is 0 Å². The van der Waals surface area contributed by atoms with Gasteiger partial charge in [0.05, 0.1) is 0 Å². The van der Waals surface area contributed by atoms with Crippen LogP contribution < -0.4 is 10.2 Å². The Morgan fingerprint density at radius 3 is 2.83 bits per heavy atom. The molecule has 0 spiro atoms. The van der Waals surface area contributed by atoms with Crippen molar-refractivity contribution in [1.82, 2.24) is 5.32 Å². The van der Waals surface area contributed by atoms with Gasteiger partial charge in [-0.15, -0.1) is 0 Å². The van der Waals surface area contributed by atoms with Crippen molar-refractivity contribution in [2.24, 2.45) is 5.92 Å². The van der Waals surface area contributed by atoms with Crippen LogP contribution in [0.5, 0.6) is 0 Å². The Bertz CT molecular complexity index is 569. The summed E-state index contributed by atoms with van der Waals surface area (Å²) in [6.45, 7) is 8.51. The molecule has 0 bridgehead atoms. The summed E-state index contributed by atoms with van der Waals surface area (Å²) >= 11 is 0. The number of benzene rings is 1. The van der Waals surface area contributed by atoms with Crippen molar-refractivity contribution >= 4 is 17.5 Å². The minimum absolute atomic E-state index is 0.0438. The largest absolute Gasteiger partial charge is 0.381 e. The highest BCUT2D eigenvalue weighted by Gasteiger charge is 2.22. The van der Waals surface area contributed by atoms with E-state index in [2.05, 4.69) is 19.2 Å². The van der Waals surface area contributed by atoms with Gasteiger partial charge in [-0.1, -0.05) is 13.8 Å². The molecular weight excluding hydrogens is 292 g/mol. The number of anilines is 1. The van der Waals surface area contributed by atoms with Crippen molar-refractivity contribution in [2.75, 3.05) is 31.2 Å². The fraction of sp³-hybridized carbons (Fsp3) is 0.556. The molecule has 1 aliphatic heterocycles. The summed E-state index contributed by atoms with van der Waals surface area (Å²) in [6.07, 6.45) is 1.61. The summed E-state index contributed by atoms with van der Waals surface area (Å²) < 4.78 is 5.49. The summed E-state index contributed by atoms with van der Waals surface area (Å²) in [7, 11) is 0. The minimum atomic E-state index is -0.0714. The molecule has 1 N–H and O–H groups in total. The van der Waals surface area contributed by atoms with E-state index in [1.807, 2.05) is 12.1 Å². The molecule has 0 fully saturated rings. The lowest BCUT2D eigenvalue weighted by molar-refractivity contribution is -0.116. The summed E-state index contributed by atoms with van der Waals surface area (Å²) in [5, 5.41) is 2.91. The second kappa shape index (κ2) is 8.11. The highest BCUT2D eigenvalue weighted by Crippen LogP contribution is 2.28. The normalized spacial score (nSPS) is 13.3. The predicted molar refractivity (Wildman–Crippen MR) is 90.8 cm³/mol. The molecule has 5 heteroatoms. The molecule has 5 nitrogen and oxygen atoms in total. The highest BCUT2D eigenvalue weighted by molar-refractivity contribution is 5.97. The van der Waals surface area contributed by atoms with E-state index in [1.54, 1.807) is 17.9 Å². The monoisotopic (exact) mass is 318 g/mol. The van der Waals surface area contributed by atoms with Crippen LogP contribution in [0.1, 0.15) is 43.1 Å². The first-order valence-corrected chi connectivity index (χ1v) is 8.26. The zero-order valence-corrected chi connectivity index (χ0v) is 14.2. The Hall–Kier alpha value is -1.88. The van der Waals surface area contributed by atoms with E-state index in [0.29, 0.717) is 31.2 Å². The average molecular weight is 318 g/mol. The first-order chi connectivity index (χ1) is 11.0. The van der Waals surface area contributed by atoms with Crippen LogP contribution in [0.15, 0.2) is 18.2 Å². The molecule has 126 valence electrons. The van der Waals surface area contributed by atoms with Crippen molar-refractivity contribution in [2.45, 2.75) is 33.6 Å². The van der Waals surface area contributed by atoms with Crippen molar-refractivity contribution in [1.29, 1.82) is 0 Å². The molecular formula is C18H26N2O3. The Labute approximate surface area is 138 Å². The zero-order chi connectivity index (χ0) is 16.8. The van der Waals surface area contributed by atoms with Gasteiger partial charge in [0.15, 0.2) is 0 Å². The standard InChI is InChI=1S/C18H26N2O3/c1-13(2)12-23-10-4-8-19-18(22)16-5-6-17-15(11-16)7-9-20(17)14(3)21/h5-6,11,13H,4,7-10,12H2,1-3H3,(H,19,22). The van der Waals surface area contributed by atoms with Gasteiger partial charge in [0, 0.05) is 44.5 Å². The lowest BCUT2D eigenvalue weighted by Gasteiger charge is -2.14. The molecule has 0 aliphatic carbocycles. The van der Waals surface area contributed by atoms with Gasteiger partial charge in [0.25, 0.3) is 5.91 Å². The maximum atomic E-state index is 12.2. The van der Waals surface area contributed by atoms with E-state index in [0.717, 1.165) is 30.7 Å². The van der Waals surface area contributed by atoms with E-state index in [9.17, 15) is 9.59 Å². The third-order valence-electron chi connectivity index (χ3n) is 3.82. The van der Waals surface area contributed by atoms with Crippen molar-refractivity contribution in [3.8, 4) is 0 Å². The SMILES string of the molecule is CC(=O)N1CCc2cc(C(=O)NCCCOCC(C)C)ccc21. The Morgan fingerprint density at radius 2 is 2.13 bits per heavy atom.